The molecule has 0 atom stereocenters. The number of ketones is 1. The SMILES string of the molecule is C[Si](C)(C)/C=C1\C(=O)C=C(c2ccccc2)N1c1ccc(F)cc1. The fourth-order valence-corrected chi connectivity index (χ4v) is 3.83. The predicted molar refractivity (Wildman–Crippen MR) is 99.7 cm³/mol. The summed E-state index contributed by atoms with van der Waals surface area (Å²) in [5.74, 6) is -0.286. The van der Waals surface area contributed by atoms with Crippen molar-refractivity contribution in [3.8, 4) is 0 Å². The Bertz CT molecular complexity index is 817. The van der Waals surface area contributed by atoms with Gasteiger partial charge in [-0.25, -0.2) is 4.39 Å². The van der Waals surface area contributed by atoms with Crippen molar-refractivity contribution in [3.63, 3.8) is 0 Å². The van der Waals surface area contributed by atoms with E-state index in [1.807, 2.05) is 35.2 Å². The number of hydrogen-bond acceptors (Lipinski definition) is 2. The number of benzene rings is 2. The van der Waals surface area contributed by atoms with Gasteiger partial charge in [-0.05, 0) is 29.8 Å². The average Bonchev–Trinajstić information content (AvgIpc) is 2.84. The van der Waals surface area contributed by atoms with Crippen molar-refractivity contribution < 1.29 is 9.18 Å². The maximum absolute atomic E-state index is 13.3. The van der Waals surface area contributed by atoms with Gasteiger partial charge in [0.1, 0.15) is 5.82 Å². The van der Waals surface area contributed by atoms with Gasteiger partial charge in [-0.1, -0.05) is 55.7 Å². The van der Waals surface area contributed by atoms with Crippen LogP contribution in [0.3, 0.4) is 0 Å². The summed E-state index contributed by atoms with van der Waals surface area (Å²) >= 11 is 0. The molecule has 0 N–H and O–H groups in total. The Kier molecular flexibility index (Phi) is 4.24. The van der Waals surface area contributed by atoms with Gasteiger partial charge in [-0.2, -0.15) is 0 Å². The van der Waals surface area contributed by atoms with Crippen molar-refractivity contribution in [3.05, 3.63) is 83.5 Å². The van der Waals surface area contributed by atoms with E-state index in [1.165, 1.54) is 12.1 Å². The van der Waals surface area contributed by atoms with Gasteiger partial charge in [-0.15, -0.1) is 0 Å². The first-order valence-electron chi connectivity index (χ1n) is 7.95. The Morgan fingerprint density at radius 2 is 1.58 bits per heavy atom. The molecule has 2 aromatic carbocycles. The first kappa shape index (κ1) is 16.4. The number of halogens is 1. The van der Waals surface area contributed by atoms with Crippen molar-refractivity contribution in [1.82, 2.24) is 0 Å². The van der Waals surface area contributed by atoms with Crippen LogP contribution in [0.15, 0.2) is 72.1 Å². The van der Waals surface area contributed by atoms with Gasteiger partial charge in [-0.3, -0.25) is 4.79 Å². The molecule has 0 saturated heterocycles. The van der Waals surface area contributed by atoms with E-state index in [0.29, 0.717) is 5.70 Å². The Balaban J connectivity index is 2.15. The fraction of sp³-hybridized carbons (Fsp3) is 0.150. The van der Waals surface area contributed by atoms with Crippen LogP contribution in [0.25, 0.3) is 5.70 Å². The maximum atomic E-state index is 13.3. The summed E-state index contributed by atoms with van der Waals surface area (Å²) in [5.41, 5.74) is 5.36. The van der Waals surface area contributed by atoms with Crippen LogP contribution < -0.4 is 4.90 Å². The fourth-order valence-electron chi connectivity index (χ4n) is 2.74. The molecule has 1 aliphatic rings. The second-order valence-electron chi connectivity index (χ2n) is 6.97. The molecule has 122 valence electrons. The first-order chi connectivity index (χ1) is 11.3. The second kappa shape index (κ2) is 6.21. The van der Waals surface area contributed by atoms with E-state index < -0.39 is 8.07 Å². The third-order valence-electron chi connectivity index (χ3n) is 3.73. The molecule has 0 unspecified atom stereocenters. The van der Waals surface area contributed by atoms with Crippen molar-refractivity contribution in [2.45, 2.75) is 19.6 Å². The molecule has 0 fully saturated rings. The summed E-state index contributed by atoms with van der Waals surface area (Å²) in [6.07, 6.45) is 1.67. The summed E-state index contributed by atoms with van der Waals surface area (Å²) in [6, 6.07) is 16.1. The molecule has 0 radical (unpaired) electrons. The summed E-state index contributed by atoms with van der Waals surface area (Å²) < 4.78 is 13.3. The minimum atomic E-state index is -1.61. The molecular formula is C20H20FNOSi. The van der Waals surface area contributed by atoms with Crippen molar-refractivity contribution in [2.24, 2.45) is 0 Å². The van der Waals surface area contributed by atoms with Crippen molar-refractivity contribution in [2.75, 3.05) is 4.90 Å². The Morgan fingerprint density at radius 3 is 2.17 bits per heavy atom. The molecular weight excluding hydrogens is 317 g/mol. The topological polar surface area (TPSA) is 20.3 Å². The maximum Gasteiger partial charge on any atom is 0.203 e. The van der Waals surface area contributed by atoms with E-state index in [-0.39, 0.29) is 11.6 Å². The van der Waals surface area contributed by atoms with Crippen molar-refractivity contribution >= 4 is 25.2 Å². The summed E-state index contributed by atoms with van der Waals surface area (Å²) in [4.78, 5) is 14.6. The molecule has 0 spiro atoms. The Morgan fingerprint density at radius 1 is 0.958 bits per heavy atom. The van der Waals surface area contributed by atoms with Crippen LogP contribution in [-0.4, -0.2) is 13.9 Å². The molecule has 0 aromatic heterocycles. The number of nitrogens with zero attached hydrogens (tertiary/aromatic N) is 1. The lowest BCUT2D eigenvalue weighted by Gasteiger charge is -2.25. The van der Waals surface area contributed by atoms with Crippen molar-refractivity contribution in [1.29, 1.82) is 0 Å². The molecule has 0 saturated carbocycles. The van der Waals surface area contributed by atoms with E-state index in [0.717, 1.165) is 16.9 Å². The Labute approximate surface area is 142 Å². The molecule has 2 nitrogen and oxygen atoms in total. The standard InChI is InChI=1S/C20H20FNOSi/c1-24(2,3)14-19-20(23)13-18(15-7-5-4-6-8-15)22(19)17-11-9-16(21)10-12-17/h4-14H,1-3H3/b19-14+. The molecule has 4 heteroatoms. The molecule has 24 heavy (non-hydrogen) atoms. The van der Waals surface area contributed by atoms with Crippen LogP contribution in [0.1, 0.15) is 5.56 Å². The zero-order chi connectivity index (χ0) is 17.3. The molecule has 0 bridgehead atoms. The summed E-state index contributed by atoms with van der Waals surface area (Å²) in [5, 5.41) is 0. The van der Waals surface area contributed by atoms with E-state index >= 15 is 0 Å². The molecule has 1 heterocycles. The highest BCUT2D eigenvalue weighted by molar-refractivity contribution is 6.81. The van der Waals surface area contributed by atoms with Crippen LogP contribution in [0.2, 0.25) is 19.6 Å². The van der Waals surface area contributed by atoms with Crippen LogP contribution in [0.5, 0.6) is 0 Å². The minimum Gasteiger partial charge on any atom is -0.307 e. The van der Waals surface area contributed by atoms with Gasteiger partial charge in [0, 0.05) is 11.8 Å². The largest absolute Gasteiger partial charge is 0.307 e. The first-order valence-corrected chi connectivity index (χ1v) is 11.5. The summed E-state index contributed by atoms with van der Waals surface area (Å²) in [6.45, 7) is 6.57. The Hall–Kier alpha value is -2.46. The molecule has 0 amide bonds. The van der Waals surface area contributed by atoms with Crippen LogP contribution >= 0.6 is 0 Å². The van der Waals surface area contributed by atoms with Gasteiger partial charge in [0.05, 0.1) is 19.5 Å². The number of carbonyl (C=O) groups excluding carboxylic acids is 1. The van der Waals surface area contributed by atoms with E-state index in [2.05, 4.69) is 25.3 Å². The number of hydrogen-bond donors (Lipinski definition) is 0. The zero-order valence-corrected chi connectivity index (χ0v) is 15.1. The molecule has 0 aliphatic carbocycles. The molecule has 2 aromatic rings. The van der Waals surface area contributed by atoms with Gasteiger partial charge < -0.3 is 4.90 Å². The van der Waals surface area contributed by atoms with Crippen LogP contribution in [0, 0.1) is 5.82 Å². The van der Waals surface area contributed by atoms with E-state index in [4.69, 9.17) is 0 Å². The van der Waals surface area contributed by atoms with Gasteiger partial charge in [0.25, 0.3) is 0 Å². The highest BCUT2D eigenvalue weighted by atomic mass is 28.3. The van der Waals surface area contributed by atoms with Crippen LogP contribution in [0.4, 0.5) is 10.1 Å². The average molecular weight is 337 g/mol. The third kappa shape index (κ3) is 3.38. The highest BCUT2D eigenvalue weighted by Gasteiger charge is 2.31. The van der Waals surface area contributed by atoms with Gasteiger partial charge >= 0.3 is 0 Å². The lowest BCUT2D eigenvalue weighted by atomic mass is 10.1. The second-order valence-corrected chi connectivity index (χ2v) is 12.0. The normalized spacial score (nSPS) is 16.7. The zero-order valence-electron chi connectivity index (χ0n) is 14.1. The number of carbonyl (C=O) groups is 1. The number of anilines is 1. The third-order valence-corrected chi connectivity index (χ3v) is 4.87. The number of rotatable bonds is 3. The van der Waals surface area contributed by atoms with Gasteiger partial charge in [0.15, 0.2) is 0 Å². The summed E-state index contributed by atoms with van der Waals surface area (Å²) in [7, 11) is -1.61. The predicted octanol–water partition coefficient (Wildman–Crippen LogP) is 5.02. The van der Waals surface area contributed by atoms with E-state index in [1.54, 1.807) is 18.2 Å². The number of allylic oxidation sites excluding steroid dienone is 1. The lowest BCUT2D eigenvalue weighted by Crippen LogP contribution is -2.25. The monoisotopic (exact) mass is 337 g/mol. The highest BCUT2D eigenvalue weighted by Crippen LogP contribution is 2.36. The molecule has 1 aliphatic heterocycles. The smallest absolute Gasteiger partial charge is 0.203 e. The minimum absolute atomic E-state index is 0.000558. The van der Waals surface area contributed by atoms with E-state index in [9.17, 15) is 9.18 Å². The quantitative estimate of drug-likeness (QED) is 0.579. The molecule has 3 rings (SSSR count). The van der Waals surface area contributed by atoms with Gasteiger partial charge in [0.2, 0.25) is 5.78 Å². The lowest BCUT2D eigenvalue weighted by molar-refractivity contribution is -0.111. The van der Waals surface area contributed by atoms with Crippen LogP contribution in [-0.2, 0) is 4.79 Å².